The topological polar surface area (TPSA) is 111 Å². The Labute approximate surface area is 142 Å². The number of fused-ring (bicyclic) bond motifs is 1. The van der Waals surface area contributed by atoms with Gasteiger partial charge in [-0.1, -0.05) is 0 Å². The molecule has 0 bridgehead atoms. The summed E-state index contributed by atoms with van der Waals surface area (Å²) in [4.78, 5) is 40.3. The fraction of sp³-hybridized carbons (Fsp3) is 0.571. The van der Waals surface area contributed by atoms with Crippen molar-refractivity contribution < 1.29 is 9.90 Å². The van der Waals surface area contributed by atoms with Crippen LogP contribution in [0.3, 0.4) is 0 Å². The number of hydrogen-bond acceptors (Lipinski definition) is 6. The molecule has 0 saturated heterocycles. The summed E-state index contributed by atoms with van der Waals surface area (Å²) in [6.07, 6.45) is 3.22. The van der Waals surface area contributed by atoms with E-state index in [9.17, 15) is 19.5 Å². The summed E-state index contributed by atoms with van der Waals surface area (Å²) in [6.45, 7) is 1.62. The third-order valence-corrected chi connectivity index (χ3v) is 4.56. The van der Waals surface area contributed by atoms with E-state index in [1.54, 1.807) is 6.92 Å². The second-order valence-corrected chi connectivity index (χ2v) is 6.82. The molecular formula is C14H21N5O4S. The molecule has 1 atom stereocenters. The summed E-state index contributed by atoms with van der Waals surface area (Å²) < 4.78 is 3.63. The van der Waals surface area contributed by atoms with Gasteiger partial charge in [-0.3, -0.25) is 18.7 Å². The highest BCUT2D eigenvalue weighted by molar-refractivity contribution is 7.98. The molecule has 0 aliphatic heterocycles. The number of imidazole rings is 1. The summed E-state index contributed by atoms with van der Waals surface area (Å²) in [7, 11) is 2.89. The van der Waals surface area contributed by atoms with E-state index in [0.717, 1.165) is 4.57 Å². The molecule has 0 aromatic carbocycles. The van der Waals surface area contributed by atoms with Gasteiger partial charge in [-0.15, -0.1) is 0 Å². The number of hydrogen-bond donors (Lipinski definition) is 2. The molecule has 10 heteroatoms. The largest absolute Gasteiger partial charge is 0.387 e. The predicted octanol–water partition coefficient (Wildman–Crippen LogP) is -1.34. The van der Waals surface area contributed by atoms with Gasteiger partial charge in [0.25, 0.3) is 5.56 Å². The van der Waals surface area contributed by atoms with E-state index in [1.165, 1.54) is 41.3 Å². The van der Waals surface area contributed by atoms with Crippen LogP contribution in [0.25, 0.3) is 11.2 Å². The Balaban J connectivity index is 2.24. The van der Waals surface area contributed by atoms with Gasteiger partial charge in [0.15, 0.2) is 11.2 Å². The second-order valence-electron chi connectivity index (χ2n) is 5.96. The van der Waals surface area contributed by atoms with Crippen molar-refractivity contribution in [1.82, 2.24) is 24.0 Å². The van der Waals surface area contributed by atoms with Crippen molar-refractivity contribution in [1.29, 1.82) is 0 Å². The summed E-state index contributed by atoms with van der Waals surface area (Å²) in [5, 5.41) is 12.7. The molecule has 9 nitrogen and oxygen atoms in total. The lowest BCUT2D eigenvalue weighted by Crippen LogP contribution is -2.43. The monoisotopic (exact) mass is 355 g/mol. The first kappa shape index (κ1) is 18.3. The Kier molecular flexibility index (Phi) is 5.19. The lowest BCUT2D eigenvalue weighted by Gasteiger charge is -2.22. The molecule has 0 saturated carbocycles. The van der Waals surface area contributed by atoms with Crippen molar-refractivity contribution in [2.45, 2.75) is 19.1 Å². The molecule has 2 rings (SSSR count). The second kappa shape index (κ2) is 6.81. The fourth-order valence-electron chi connectivity index (χ4n) is 2.38. The Morgan fingerprint density at radius 3 is 2.67 bits per heavy atom. The highest BCUT2D eigenvalue weighted by atomic mass is 32.2. The Morgan fingerprint density at radius 1 is 1.38 bits per heavy atom. The van der Waals surface area contributed by atoms with Gasteiger partial charge in [-0.2, -0.15) is 11.8 Å². The van der Waals surface area contributed by atoms with Crippen molar-refractivity contribution in [3.8, 4) is 0 Å². The number of aryl methyl sites for hydroxylation is 1. The first-order chi connectivity index (χ1) is 11.2. The van der Waals surface area contributed by atoms with Crippen LogP contribution in [0.4, 0.5) is 0 Å². The van der Waals surface area contributed by atoms with Gasteiger partial charge in [-0.25, -0.2) is 9.78 Å². The van der Waals surface area contributed by atoms with E-state index < -0.39 is 16.9 Å². The number of nitrogens with zero attached hydrogens (tertiary/aromatic N) is 4. The van der Waals surface area contributed by atoms with Gasteiger partial charge in [-0.05, 0) is 13.2 Å². The average Bonchev–Trinajstić information content (AvgIpc) is 2.92. The number of amides is 1. The smallest absolute Gasteiger partial charge is 0.332 e. The van der Waals surface area contributed by atoms with Crippen molar-refractivity contribution in [2.24, 2.45) is 14.1 Å². The van der Waals surface area contributed by atoms with Gasteiger partial charge in [0, 0.05) is 26.4 Å². The van der Waals surface area contributed by atoms with Crippen LogP contribution >= 0.6 is 11.8 Å². The Morgan fingerprint density at radius 2 is 2.04 bits per heavy atom. The molecule has 24 heavy (non-hydrogen) atoms. The van der Waals surface area contributed by atoms with Gasteiger partial charge >= 0.3 is 5.69 Å². The maximum absolute atomic E-state index is 12.3. The van der Waals surface area contributed by atoms with Crippen LogP contribution in [-0.4, -0.2) is 53.9 Å². The number of rotatable bonds is 6. The number of nitrogens with one attached hydrogen (secondary N) is 1. The van der Waals surface area contributed by atoms with E-state index in [0.29, 0.717) is 5.75 Å². The van der Waals surface area contributed by atoms with E-state index in [1.807, 2.05) is 6.26 Å². The fourth-order valence-corrected chi connectivity index (χ4v) is 3.10. The lowest BCUT2D eigenvalue weighted by molar-refractivity contribution is -0.122. The van der Waals surface area contributed by atoms with E-state index >= 15 is 0 Å². The summed E-state index contributed by atoms with van der Waals surface area (Å²) in [6, 6.07) is 0. The van der Waals surface area contributed by atoms with Crippen molar-refractivity contribution in [3.63, 3.8) is 0 Å². The first-order valence-electron chi connectivity index (χ1n) is 7.27. The molecule has 0 aliphatic rings. The minimum atomic E-state index is -1.01. The molecular weight excluding hydrogens is 334 g/mol. The van der Waals surface area contributed by atoms with Crippen LogP contribution in [0.15, 0.2) is 15.9 Å². The zero-order valence-corrected chi connectivity index (χ0v) is 14.9. The molecule has 0 fully saturated rings. The maximum atomic E-state index is 12.3. The zero-order valence-electron chi connectivity index (χ0n) is 14.1. The average molecular weight is 355 g/mol. The zero-order chi connectivity index (χ0) is 18.1. The molecule has 2 aromatic heterocycles. The molecule has 2 N–H and O–H groups in total. The van der Waals surface area contributed by atoms with Gasteiger partial charge in [0.05, 0.1) is 11.9 Å². The van der Waals surface area contributed by atoms with Gasteiger partial charge in [0.2, 0.25) is 5.91 Å². The summed E-state index contributed by atoms with van der Waals surface area (Å²) in [5.74, 6) is 0.135. The molecule has 0 radical (unpaired) electrons. The summed E-state index contributed by atoms with van der Waals surface area (Å²) in [5.41, 5.74) is -1.58. The van der Waals surface area contributed by atoms with E-state index in [-0.39, 0.29) is 30.2 Å². The number of carbonyl (C=O) groups is 1. The molecule has 0 spiro atoms. The molecule has 1 amide bonds. The summed E-state index contributed by atoms with van der Waals surface area (Å²) >= 11 is 1.48. The van der Waals surface area contributed by atoms with E-state index in [4.69, 9.17) is 0 Å². The number of carbonyl (C=O) groups excluding carboxylic acids is 1. The van der Waals surface area contributed by atoms with E-state index in [2.05, 4.69) is 10.3 Å². The number of thioether (sulfide) groups is 1. The van der Waals surface area contributed by atoms with Crippen LogP contribution in [0, 0.1) is 0 Å². The SMILES string of the molecule is CSCC(C)(O)CNC(=O)Cn1cnc2c1c(=O)n(C)c(=O)n2C. The Bertz CT molecular complexity index is 880. The van der Waals surface area contributed by atoms with Gasteiger partial charge in [0.1, 0.15) is 6.54 Å². The molecule has 0 aliphatic carbocycles. The van der Waals surface area contributed by atoms with Crippen LogP contribution in [-0.2, 0) is 25.4 Å². The predicted molar refractivity (Wildman–Crippen MR) is 92.2 cm³/mol. The highest BCUT2D eigenvalue weighted by Crippen LogP contribution is 2.09. The Hall–Kier alpha value is -2.07. The van der Waals surface area contributed by atoms with Gasteiger partial charge < -0.3 is 15.0 Å². The number of aromatic nitrogens is 4. The molecule has 132 valence electrons. The molecule has 2 heterocycles. The third-order valence-electron chi connectivity index (χ3n) is 3.65. The molecule has 1 unspecified atom stereocenters. The highest BCUT2D eigenvalue weighted by Gasteiger charge is 2.21. The first-order valence-corrected chi connectivity index (χ1v) is 8.66. The van der Waals surface area contributed by atoms with Crippen molar-refractivity contribution in [3.05, 3.63) is 27.2 Å². The van der Waals surface area contributed by atoms with Crippen LogP contribution in [0.5, 0.6) is 0 Å². The van der Waals surface area contributed by atoms with Crippen molar-refractivity contribution >= 4 is 28.8 Å². The normalized spacial score (nSPS) is 13.9. The standard InChI is InChI=1S/C14H21N5O4S/c1-14(23,7-24-4)6-15-9(20)5-19-8-16-11-10(19)12(21)18(3)13(22)17(11)2/h8,23H,5-7H2,1-4H3,(H,15,20). The maximum Gasteiger partial charge on any atom is 0.332 e. The van der Waals surface area contributed by atoms with Crippen LogP contribution < -0.4 is 16.6 Å². The molecule has 2 aromatic rings. The minimum Gasteiger partial charge on any atom is -0.387 e. The number of aliphatic hydroxyl groups is 1. The minimum absolute atomic E-state index is 0.107. The third kappa shape index (κ3) is 3.54. The quantitative estimate of drug-likeness (QED) is 0.664. The van der Waals surface area contributed by atoms with Crippen LogP contribution in [0.2, 0.25) is 0 Å². The lowest BCUT2D eigenvalue weighted by atomic mass is 10.1. The van der Waals surface area contributed by atoms with Crippen molar-refractivity contribution in [2.75, 3.05) is 18.6 Å². The van der Waals surface area contributed by atoms with Crippen LogP contribution in [0.1, 0.15) is 6.92 Å².